The van der Waals surface area contributed by atoms with Crippen LogP contribution in [0, 0.1) is 0 Å². The Hall–Kier alpha value is -6.89. The van der Waals surface area contributed by atoms with E-state index in [1.165, 1.54) is 0 Å². The summed E-state index contributed by atoms with van der Waals surface area (Å²) in [5.41, 5.74) is 13.6. The summed E-state index contributed by atoms with van der Waals surface area (Å²) in [5, 5.41) is 13.7. The first-order chi connectivity index (χ1) is 25.1. The topological polar surface area (TPSA) is 94.4 Å². The smallest absolute Gasteiger partial charge is 0.335 e. The van der Waals surface area contributed by atoms with Crippen molar-refractivity contribution in [2.45, 2.75) is 0 Å². The molecule has 51 heavy (non-hydrogen) atoms. The summed E-state index contributed by atoms with van der Waals surface area (Å²) in [7, 11) is 0. The number of aliphatic imine (C=N–C) groups is 2. The van der Waals surface area contributed by atoms with Crippen LogP contribution in [-0.2, 0) is 0 Å². The zero-order valence-corrected chi connectivity index (χ0v) is 27.4. The highest BCUT2D eigenvalue weighted by atomic mass is 16.4. The van der Waals surface area contributed by atoms with Crippen LogP contribution in [0.1, 0.15) is 32.6 Å². The molecule has 6 heteroatoms. The molecular weight excluding hydrogens is 629 g/mol. The van der Waals surface area contributed by atoms with Gasteiger partial charge in [0.2, 0.25) is 0 Å². The zero-order chi connectivity index (χ0) is 34.3. The first kappa shape index (κ1) is 30.2. The van der Waals surface area contributed by atoms with Gasteiger partial charge in [0.05, 0.1) is 39.5 Å². The first-order valence-electron chi connectivity index (χ1n) is 16.8. The molecule has 9 rings (SSSR count). The van der Waals surface area contributed by atoms with Crippen LogP contribution < -0.4 is 16.0 Å². The molecule has 8 bridgehead atoms. The van der Waals surface area contributed by atoms with E-state index in [2.05, 4.69) is 120 Å². The van der Waals surface area contributed by atoms with E-state index in [1.54, 1.807) is 12.1 Å². The van der Waals surface area contributed by atoms with E-state index in [0.717, 1.165) is 89.5 Å². The van der Waals surface area contributed by atoms with Gasteiger partial charge in [-0.2, -0.15) is 0 Å². The number of H-pyrrole nitrogens is 1. The number of nitrogens with zero attached hydrogens (tertiary/aromatic N) is 2. The Labute approximate surface area is 294 Å². The highest BCUT2D eigenvalue weighted by Crippen LogP contribution is 2.35. The van der Waals surface area contributed by atoms with Gasteiger partial charge in [-0.3, -0.25) is 5.32 Å². The van der Waals surface area contributed by atoms with Crippen LogP contribution in [0.5, 0.6) is 0 Å². The molecule has 0 radical (unpaired) electrons. The van der Waals surface area contributed by atoms with Crippen LogP contribution >= 0.6 is 0 Å². The standard InChI is InChI=1S/C45H30N4O2/c50-45(51)32-18-16-31(17-19-32)44-39-26-24-37(48-39)42(29-12-6-2-7-13-29)35-22-20-33(46-35)41(28-10-4-1-5-11-28)34-21-23-36(47-34)43(30-14-8-3-9-15-30)38-25-27-40(44)49-38/h1-27,46,49H,(H,50,51)/p+1. The third-order valence-electron chi connectivity index (χ3n) is 9.47. The number of aromatic nitrogens is 1. The number of hydrogen-bond acceptors (Lipinski definition) is 3. The molecule has 0 amide bonds. The lowest BCUT2D eigenvalue weighted by Crippen LogP contribution is -2.78. The van der Waals surface area contributed by atoms with E-state index < -0.39 is 5.97 Å². The highest BCUT2D eigenvalue weighted by molar-refractivity contribution is 6.31. The van der Waals surface area contributed by atoms with Gasteiger partial charge >= 0.3 is 5.97 Å². The van der Waals surface area contributed by atoms with Crippen molar-refractivity contribution in [3.05, 3.63) is 225 Å². The number of nitrogens with two attached hydrogens (primary N) is 1. The monoisotopic (exact) mass is 659 g/mol. The number of benzene rings is 4. The summed E-state index contributed by atoms with van der Waals surface area (Å²) in [4.78, 5) is 26.2. The molecule has 4 aromatic carbocycles. The molecule has 0 aliphatic carbocycles. The average molecular weight is 660 g/mol. The molecule has 0 fully saturated rings. The number of hydrogen-bond donors (Lipinski definition) is 3. The van der Waals surface area contributed by atoms with Crippen LogP contribution in [-0.4, -0.2) is 27.5 Å². The van der Waals surface area contributed by atoms with E-state index in [4.69, 9.17) is 9.98 Å². The van der Waals surface area contributed by atoms with E-state index in [1.807, 2.05) is 42.5 Å². The van der Waals surface area contributed by atoms with Crippen LogP contribution in [0.15, 0.2) is 197 Å². The molecule has 242 valence electrons. The van der Waals surface area contributed by atoms with E-state index in [-0.39, 0.29) is 5.56 Å². The van der Waals surface area contributed by atoms with Gasteiger partial charge in [0.25, 0.3) is 0 Å². The molecule has 0 atom stereocenters. The van der Waals surface area contributed by atoms with Gasteiger partial charge in [-0.05, 0) is 70.8 Å². The average Bonchev–Trinajstić information content (AvgIpc) is 4.01. The first-order valence-corrected chi connectivity index (χ1v) is 16.8. The number of nitrogens with one attached hydrogen (secondary N) is 1. The molecule has 0 saturated carbocycles. The molecule has 0 saturated heterocycles. The molecule has 5 heterocycles. The maximum atomic E-state index is 11.8. The normalized spacial score (nSPS) is 16.4. The van der Waals surface area contributed by atoms with Gasteiger partial charge in [-0.15, -0.1) is 0 Å². The third kappa shape index (κ3) is 5.50. The fraction of sp³-hybridized carbons (Fsp3) is 0. The van der Waals surface area contributed by atoms with Crippen molar-refractivity contribution in [3.63, 3.8) is 0 Å². The molecule has 4 aliphatic rings. The highest BCUT2D eigenvalue weighted by Gasteiger charge is 2.29. The van der Waals surface area contributed by atoms with Crippen LogP contribution in [0.25, 0.3) is 22.3 Å². The Morgan fingerprint density at radius 1 is 0.490 bits per heavy atom. The lowest BCUT2D eigenvalue weighted by atomic mass is 9.98. The molecule has 4 N–H and O–H groups in total. The van der Waals surface area contributed by atoms with Gasteiger partial charge in [0.1, 0.15) is 11.4 Å². The fourth-order valence-electron chi connectivity index (χ4n) is 7.12. The van der Waals surface area contributed by atoms with Crippen molar-refractivity contribution < 1.29 is 15.2 Å². The SMILES string of the molecule is O=C(O)c1ccc(C2=C3C=CC(=N3)C(c3ccccc3)=c3ccc([nH]3)=C(c3ccccc3)C3=NC(=C(c4ccccc4)C4=CC=C2[NH2+]4)C=C3)cc1. The molecule has 5 aromatic rings. The summed E-state index contributed by atoms with van der Waals surface area (Å²) < 4.78 is 0. The van der Waals surface area contributed by atoms with E-state index in [0.29, 0.717) is 0 Å². The molecule has 0 spiro atoms. The molecule has 1 aromatic heterocycles. The van der Waals surface area contributed by atoms with Gasteiger partial charge in [-0.25, -0.2) is 14.8 Å². The van der Waals surface area contributed by atoms with E-state index >= 15 is 0 Å². The van der Waals surface area contributed by atoms with Crippen molar-refractivity contribution in [1.29, 1.82) is 0 Å². The molecule has 6 nitrogen and oxygen atoms in total. The molecular formula is C45H31N4O2+. The largest absolute Gasteiger partial charge is 0.478 e. The Morgan fingerprint density at radius 3 is 1.33 bits per heavy atom. The van der Waals surface area contributed by atoms with Crippen molar-refractivity contribution in [1.82, 2.24) is 4.98 Å². The van der Waals surface area contributed by atoms with Crippen molar-refractivity contribution >= 4 is 39.7 Å². The predicted octanol–water partition coefficient (Wildman–Crippen LogP) is 6.31. The Kier molecular flexibility index (Phi) is 7.42. The van der Waals surface area contributed by atoms with Crippen molar-refractivity contribution in [3.8, 4) is 0 Å². The predicted molar refractivity (Wildman–Crippen MR) is 203 cm³/mol. The minimum atomic E-state index is -0.961. The van der Waals surface area contributed by atoms with Crippen molar-refractivity contribution in [2.75, 3.05) is 0 Å². The number of carboxylic acids is 1. The molecule has 4 aliphatic heterocycles. The quantitative estimate of drug-likeness (QED) is 0.206. The Balaban J connectivity index is 1.36. The number of quaternary nitrogens is 1. The number of rotatable bonds is 5. The van der Waals surface area contributed by atoms with Gasteiger partial charge < -0.3 is 10.1 Å². The summed E-state index contributed by atoms with van der Waals surface area (Å²) >= 11 is 0. The zero-order valence-electron chi connectivity index (χ0n) is 27.4. The number of aromatic carboxylic acids is 1. The van der Waals surface area contributed by atoms with Crippen LogP contribution in [0.4, 0.5) is 0 Å². The number of allylic oxidation sites excluding steroid dienone is 8. The van der Waals surface area contributed by atoms with E-state index in [9.17, 15) is 9.90 Å². The minimum absolute atomic E-state index is 0.235. The second-order valence-electron chi connectivity index (χ2n) is 12.6. The number of carbonyl (C=O) groups is 1. The van der Waals surface area contributed by atoms with Gasteiger partial charge in [0, 0.05) is 34.0 Å². The van der Waals surface area contributed by atoms with Crippen LogP contribution in [0.3, 0.4) is 0 Å². The summed E-state index contributed by atoms with van der Waals surface area (Å²) in [6.07, 6.45) is 12.6. The number of aromatic amines is 1. The fourth-order valence-corrected chi connectivity index (χ4v) is 7.12. The Bertz CT molecular complexity index is 2630. The Morgan fingerprint density at radius 2 is 0.902 bits per heavy atom. The summed E-state index contributed by atoms with van der Waals surface area (Å²) in [5.74, 6) is -0.961. The third-order valence-corrected chi connectivity index (χ3v) is 9.47. The van der Waals surface area contributed by atoms with Gasteiger partial charge in [0.15, 0.2) is 0 Å². The number of carboxylic acid groups (broad SMARTS) is 1. The summed E-state index contributed by atoms with van der Waals surface area (Å²) in [6, 6.07) is 42.4. The maximum Gasteiger partial charge on any atom is 0.335 e. The number of fused-ring (bicyclic) bond motifs is 6. The van der Waals surface area contributed by atoms with Gasteiger partial charge in [-0.1, -0.05) is 103 Å². The second-order valence-corrected chi connectivity index (χ2v) is 12.6. The molecule has 0 unspecified atom stereocenters. The minimum Gasteiger partial charge on any atom is -0.478 e. The van der Waals surface area contributed by atoms with Crippen LogP contribution in [0.2, 0.25) is 0 Å². The summed E-state index contributed by atoms with van der Waals surface area (Å²) in [6.45, 7) is 0. The second kappa shape index (κ2) is 12.5. The lowest BCUT2D eigenvalue weighted by molar-refractivity contribution is -0.537. The van der Waals surface area contributed by atoms with Crippen molar-refractivity contribution in [2.24, 2.45) is 9.98 Å². The maximum absolute atomic E-state index is 11.8. The lowest BCUT2D eigenvalue weighted by Gasteiger charge is -2.14.